The van der Waals surface area contributed by atoms with Crippen LogP contribution in [0.3, 0.4) is 0 Å². The predicted octanol–water partition coefficient (Wildman–Crippen LogP) is 5.82. The number of likely N-dealkylation sites (tertiary alicyclic amines) is 1. The minimum atomic E-state index is -0.558. The summed E-state index contributed by atoms with van der Waals surface area (Å²) in [5.74, 6) is 1.80. The lowest BCUT2D eigenvalue weighted by Gasteiger charge is -2.42. The summed E-state index contributed by atoms with van der Waals surface area (Å²) in [5.41, 5.74) is 2.27. The summed E-state index contributed by atoms with van der Waals surface area (Å²) in [6.45, 7) is 4.31. The van der Waals surface area contributed by atoms with Gasteiger partial charge in [-0.15, -0.1) is 0 Å². The Balaban J connectivity index is 1.09. The molecule has 1 fully saturated rings. The highest BCUT2D eigenvalue weighted by Gasteiger charge is 2.37. The lowest BCUT2D eigenvalue weighted by molar-refractivity contribution is -0.128. The molecule has 0 bridgehead atoms. The lowest BCUT2D eigenvalue weighted by Crippen LogP contribution is -2.49. The fourth-order valence-electron chi connectivity index (χ4n) is 6.18. The maximum absolute atomic E-state index is 13.4. The Morgan fingerprint density at radius 2 is 1.77 bits per heavy atom. The largest absolute Gasteiger partial charge is 0.481 e. The maximum Gasteiger partial charge on any atom is 0.289 e. The number of fused-ring (bicyclic) bond motifs is 2. The number of carbonyl (C=O) groups is 2. The standard InChI is InChI=1S/C33H37N3O4/c1-24-31(37)34-23-33(16-7-6-10-26-9-3-5-12-29(26)39-24)17-20-35(21-18-33)32(38)30-14-13-27(40-30)22-36-19-15-25-8-2-4-11-28(25)36/h2-5,8-9,11-15,19,24H,6-7,10,16-18,20-23H2,1H3,(H,34,37)/t24-/m1/s1. The zero-order chi connectivity index (χ0) is 27.5. The Morgan fingerprint density at radius 1 is 0.975 bits per heavy atom. The molecule has 0 radical (unpaired) electrons. The Hall–Kier alpha value is -4.00. The molecular formula is C33H37N3O4. The van der Waals surface area contributed by atoms with Crippen molar-refractivity contribution in [1.82, 2.24) is 14.8 Å². The number of hydrogen-bond donors (Lipinski definition) is 1. The molecule has 6 rings (SSSR count). The number of ether oxygens (including phenoxy) is 1. The van der Waals surface area contributed by atoms with Crippen molar-refractivity contribution in [3.8, 4) is 5.75 Å². The SMILES string of the molecule is C[C@H]1Oc2ccccc2CCCCC2(CCN(C(=O)c3ccc(Cn4ccc5ccccc54)o3)CC2)CNC1=O. The summed E-state index contributed by atoms with van der Waals surface area (Å²) in [5, 5.41) is 4.35. The highest BCUT2D eigenvalue weighted by Crippen LogP contribution is 2.37. The van der Waals surface area contributed by atoms with Crippen LogP contribution >= 0.6 is 0 Å². The van der Waals surface area contributed by atoms with Gasteiger partial charge in [-0.3, -0.25) is 9.59 Å². The van der Waals surface area contributed by atoms with Crippen molar-refractivity contribution >= 4 is 22.7 Å². The van der Waals surface area contributed by atoms with Gasteiger partial charge in [-0.05, 0) is 85.7 Å². The van der Waals surface area contributed by atoms with Crippen LogP contribution in [0.25, 0.3) is 10.9 Å². The predicted molar refractivity (Wildman–Crippen MR) is 154 cm³/mol. The maximum atomic E-state index is 13.4. The van der Waals surface area contributed by atoms with Gasteiger partial charge >= 0.3 is 0 Å². The van der Waals surface area contributed by atoms with Crippen molar-refractivity contribution in [2.24, 2.45) is 5.41 Å². The second kappa shape index (κ2) is 11.2. The number of aromatic nitrogens is 1. The van der Waals surface area contributed by atoms with Gasteiger partial charge < -0.3 is 23.9 Å². The highest BCUT2D eigenvalue weighted by molar-refractivity contribution is 5.91. The topological polar surface area (TPSA) is 76.7 Å². The minimum Gasteiger partial charge on any atom is -0.481 e. The molecule has 2 aromatic heterocycles. The van der Waals surface area contributed by atoms with E-state index in [1.54, 1.807) is 6.07 Å². The molecular weight excluding hydrogens is 502 g/mol. The van der Waals surface area contributed by atoms with E-state index in [1.807, 2.05) is 54.4 Å². The molecule has 0 saturated carbocycles. The quantitative estimate of drug-likeness (QED) is 0.356. The third-order valence-corrected chi connectivity index (χ3v) is 8.68. The summed E-state index contributed by atoms with van der Waals surface area (Å²) < 4.78 is 14.2. The lowest BCUT2D eigenvalue weighted by atomic mass is 9.74. The van der Waals surface area contributed by atoms with Crippen LogP contribution < -0.4 is 10.1 Å². The molecule has 0 aliphatic carbocycles. The first kappa shape index (κ1) is 26.2. The summed E-state index contributed by atoms with van der Waals surface area (Å²) >= 11 is 0. The van der Waals surface area contributed by atoms with Crippen LogP contribution in [-0.4, -0.2) is 47.0 Å². The molecule has 7 heteroatoms. The van der Waals surface area contributed by atoms with Crippen LogP contribution in [0.15, 0.2) is 77.3 Å². The molecule has 1 atom stereocenters. The van der Waals surface area contributed by atoms with Crippen molar-refractivity contribution in [1.29, 1.82) is 0 Å². The van der Waals surface area contributed by atoms with E-state index < -0.39 is 6.10 Å². The number of nitrogens with one attached hydrogen (secondary N) is 1. The highest BCUT2D eigenvalue weighted by atomic mass is 16.5. The van der Waals surface area contributed by atoms with E-state index in [0.717, 1.165) is 61.1 Å². The molecule has 1 N–H and O–H groups in total. The van der Waals surface area contributed by atoms with Gasteiger partial charge in [-0.25, -0.2) is 0 Å². The number of benzene rings is 2. The molecule has 0 unspecified atom stereocenters. The molecule has 4 heterocycles. The van der Waals surface area contributed by atoms with Gasteiger partial charge in [0, 0.05) is 31.3 Å². The van der Waals surface area contributed by atoms with Gasteiger partial charge in [0.15, 0.2) is 11.9 Å². The first-order chi connectivity index (χ1) is 19.5. The van der Waals surface area contributed by atoms with Gasteiger partial charge in [-0.1, -0.05) is 42.8 Å². The smallest absolute Gasteiger partial charge is 0.289 e. The Bertz CT molecular complexity index is 1490. The third kappa shape index (κ3) is 5.51. The summed E-state index contributed by atoms with van der Waals surface area (Å²) in [6, 6.07) is 22.0. The van der Waals surface area contributed by atoms with Crippen LogP contribution in [0.4, 0.5) is 0 Å². The normalized spacial score (nSPS) is 19.8. The summed E-state index contributed by atoms with van der Waals surface area (Å²) in [6.07, 6.45) is 7.31. The van der Waals surface area contributed by atoms with Crippen LogP contribution in [0, 0.1) is 5.41 Å². The fraction of sp³-hybridized carbons (Fsp3) is 0.394. The Kier molecular flexibility index (Phi) is 7.37. The number of para-hydroxylation sites is 2. The minimum absolute atomic E-state index is 0.0192. The van der Waals surface area contributed by atoms with E-state index in [2.05, 4.69) is 34.1 Å². The van der Waals surface area contributed by atoms with Gasteiger partial charge in [0.1, 0.15) is 11.5 Å². The zero-order valence-corrected chi connectivity index (χ0v) is 23.1. The average Bonchev–Trinajstić information content (AvgIpc) is 3.62. The zero-order valence-electron chi connectivity index (χ0n) is 23.1. The van der Waals surface area contributed by atoms with Gasteiger partial charge in [-0.2, -0.15) is 0 Å². The first-order valence-electron chi connectivity index (χ1n) is 14.4. The third-order valence-electron chi connectivity index (χ3n) is 8.68. The molecule has 7 nitrogen and oxygen atoms in total. The number of furan rings is 1. The molecule has 1 saturated heterocycles. The van der Waals surface area contributed by atoms with Crippen molar-refractivity contribution < 1.29 is 18.7 Å². The molecule has 40 heavy (non-hydrogen) atoms. The number of amides is 2. The summed E-state index contributed by atoms with van der Waals surface area (Å²) in [4.78, 5) is 28.2. The van der Waals surface area contributed by atoms with Crippen molar-refractivity contribution in [3.63, 3.8) is 0 Å². The van der Waals surface area contributed by atoms with Crippen molar-refractivity contribution in [2.75, 3.05) is 19.6 Å². The van der Waals surface area contributed by atoms with Gasteiger partial charge in [0.25, 0.3) is 11.8 Å². The molecule has 2 amide bonds. The van der Waals surface area contributed by atoms with Gasteiger partial charge in [0.05, 0.1) is 6.54 Å². The van der Waals surface area contributed by atoms with Crippen LogP contribution in [0.2, 0.25) is 0 Å². The monoisotopic (exact) mass is 539 g/mol. The molecule has 4 aromatic rings. The number of aryl methyl sites for hydroxylation is 1. The van der Waals surface area contributed by atoms with Crippen molar-refractivity contribution in [3.05, 3.63) is 90.0 Å². The molecule has 1 spiro atoms. The second-order valence-corrected chi connectivity index (χ2v) is 11.4. The van der Waals surface area contributed by atoms with E-state index in [9.17, 15) is 9.59 Å². The molecule has 208 valence electrons. The van der Waals surface area contributed by atoms with E-state index in [-0.39, 0.29) is 17.2 Å². The molecule has 2 aromatic carbocycles. The Labute approximate surface area is 235 Å². The number of nitrogens with zero attached hydrogens (tertiary/aromatic N) is 2. The van der Waals surface area contributed by atoms with E-state index in [0.29, 0.717) is 31.9 Å². The Morgan fingerprint density at radius 3 is 2.65 bits per heavy atom. The molecule has 2 aliphatic rings. The van der Waals surface area contributed by atoms with E-state index >= 15 is 0 Å². The van der Waals surface area contributed by atoms with Gasteiger partial charge in [0.2, 0.25) is 0 Å². The van der Waals surface area contributed by atoms with Crippen molar-refractivity contribution in [2.45, 2.75) is 58.1 Å². The van der Waals surface area contributed by atoms with E-state index in [1.165, 1.54) is 5.39 Å². The summed E-state index contributed by atoms with van der Waals surface area (Å²) in [7, 11) is 0. The average molecular weight is 540 g/mol. The van der Waals surface area contributed by atoms with Crippen LogP contribution in [0.5, 0.6) is 5.75 Å². The number of hydrogen-bond acceptors (Lipinski definition) is 4. The number of rotatable bonds is 3. The second-order valence-electron chi connectivity index (χ2n) is 11.4. The first-order valence-corrected chi connectivity index (χ1v) is 14.4. The van der Waals surface area contributed by atoms with E-state index in [4.69, 9.17) is 9.15 Å². The number of piperidine rings is 1. The number of carbonyl (C=O) groups excluding carboxylic acids is 2. The van der Waals surface area contributed by atoms with Crippen LogP contribution in [-0.2, 0) is 17.8 Å². The van der Waals surface area contributed by atoms with Crippen LogP contribution in [0.1, 0.15) is 60.9 Å². The molecule has 2 aliphatic heterocycles. The fourth-order valence-corrected chi connectivity index (χ4v) is 6.18.